The molecule has 0 saturated carbocycles. The first kappa shape index (κ1) is 14.1. The van der Waals surface area contributed by atoms with E-state index in [1.54, 1.807) is 6.07 Å². The van der Waals surface area contributed by atoms with E-state index < -0.39 is 11.7 Å². The highest BCUT2D eigenvalue weighted by Crippen LogP contribution is 2.18. The molecule has 0 bridgehead atoms. The predicted octanol–water partition coefficient (Wildman–Crippen LogP) is 2.53. The van der Waals surface area contributed by atoms with Crippen LogP contribution in [0.15, 0.2) is 42.7 Å². The number of amides is 1. The molecule has 0 atom stereocenters. The molecule has 0 saturated heterocycles. The third kappa shape index (κ3) is 3.39. The van der Waals surface area contributed by atoms with Gasteiger partial charge in [-0.15, -0.1) is 0 Å². The van der Waals surface area contributed by atoms with Crippen molar-refractivity contribution in [3.05, 3.63) is 59.7 Å². The van der Waals surface area contributed by atoms with Crippen molar-refractivity contribution in [1.82, 2.24) is 9.88 Å². The zero-order chi connectivity index (χ0) is 14.5. The minimum absolute atomic E-state index is 0.0142. The fourth-order valence-corrected chi connectivity index (χ4v) is 1.87. The first-order chi connectivity index (χ1) is 9.58. The first-order valence-corrected chi connectivity index (χ1v) is 6.21. The van der Waals surface area contributed by atoms with Gasteiger partial charge in [-0.1, -0.05) is 18.2 Å². The summed E-state index contributed by atoms with van der Waals surface area (Å²) in [4.78, 5) is 17.7. The van der Waals surface area contributed by atoms with Crippen molar-refractivity contribution in [2.24, 2.45) is 0 Å². The van der Waals surface area contributed by atoms with Crippen LogP contribution >= 0.6 is 0 Å². The van der Waals surface area contributed by atoms with Crippen LogP contribution in [0.2, 0.25) is 0 Å². The number of rotatable bonds is 4. The fourth-order valence-electron chi connectivity index (χ4n) is 1.87. The summed E-state index contributed by atoms with van der Waals surface area (Å²) < 4.78 is 13.5. The highest BCUT2D eigenvalue weighted by atomic mass is 19.1. The van der Waals surface area contributed by atoms with Gasteiger partial charge in [-0.05, 0) is 31.8 Å². The number of nitrogens with zero attached hydrogens (tertiary/aromatic N) is 2. The van der Waals surface area contributed by atoms with Gasteiger partial charge in [-0.3, -0.25) is 9.78 Å². The summed E-state index contributed by atoms with van der Waals surface area (Å²) in [6.45, 7) is 0.690. The smallest absolute Gasteiger partial charge is 0.258 e. The van der Waals surface area contributed by atoms with Gasteiger partial charge in [0.05, 0.1) is 11.8 Å². The van der Waals surface area contributed by atoms with Gasteiger partial charge in [0, 0.05) is 18.4 Å². The minimum atomic E-state index is -0.630. The van der Waals surface area contributed by atoms with E-state index in [1.807, 2.05) is 37.2 Å². The highest BCUT2D eigenvalue weighted by Gasteiger charge is 2.13. The summed E-state index contributed by atoms with van der Waals surface area (Å²) in [6.07, 6.45) is 2.42. The Balaban J connectivity index is 2.22. The van der Waals surface area contributed by atoms with Crippen molar-refractivity contribution in [2.75, 3.05) is 19.4 Å². The van der Waals surface area contributed by atoms with E-state index in [0.29, 0.717) is 12.2 Å². The Morgan fingerprint density at radius 3 is 2.75 bits per heavy atom. The van der Waals surface area contributed by atoms with E-state index >= 15 is 0 Å². The van der Waals surface area contributed by atoms with Gasteiger partial charge in [0.25, 0.3) is 5.91 Å². The molecule has 0 aliphatic carbocycles. The Morgan fingerprint density at radius 1 is 1.30 bits per heavy atom. The van der Waals surface area contributed by atoms with Crippen molar-refractivity contribution in [3.63, 3.8) is 0 Å². The summed E-state index contributed by atoms with van der Waals surface area (Å²) >= 11 is 0. The second-order valence-corrected chi connectivity index (χ2v) is 4.70. The lowest BCUT2D eigenvalue weighted by atomic mass is 10.1. The molecule has 1 aromatic carbocycles. The topological polar surface area (TPSA) is 45.2 Å². The number of benzene rings is 1. The van der Waals surface area contributed by atoms with E-state index in [9.17, 15) is 9.18 Å². The van der Waals surface area contributed by atoms with E-state index in [-0.39, 0.29) is 5.56 Å². The molecule has 1 heterocycles. The number of aromatic nitrogens is 1. The van der Waals surface area contributed by atoms with Crippen LogP contribution in [-0.2, 0) is 6.54 Å². The SMILES string of the molecule is CN(C)Cc1ccccc1NC(=O)c1ccncc1F. The van der Waals surface area contributed by atoms with Crippen LogP contribution in [0.25, 0.3) is 0 Å². The Morgan fingerprint density at radius 2 is 2.05 bits per heavy atom. The summed E-state index contributed by atoms with van der Waals surface area (Å²) in [5, 5.41) is 2.74. The lowest BCUT2D eigenvalue weighted by molar-refractivity contribution is 0.102. The summed E-state index contributed by atoms with van der Waals surface area (Å²) in [5.41, 5.74) is 1.64. The van der Waals surface area contributed by atoms with Crippen molar-refractivity contribution < 1.29 is 9.18 Å². The standard InChI is InChI=1S/C15H16FN3O/c1-19(2)10-11-5-3-4-6-14(11)18-15(20)12-7-8-17-9-13(12)16/h3-9H,10H2,1-2H3,(H,18,20). The summed E-state index contributed by atoms with van der Waals surface area (Å²) in [5.74, 6) is -1.11. The molecule has 4 nitrogen and oxygen atoms in total. The van der Waals surface area contributed by atoms with Crippen molar-refractivity contribution in [2.45, 2.75) is 6.54 Å². The number of para-hydroxylation sites is 1. The average Bonchev–Trinajstić information content (AvgIpc) is 2.41. The largest absolute Gasteiger partial charge is 0.322 e. The first-order valence-electron chi connectivity index (χ1n) is 6.21. The number of anilines is 1. The van der Waals surface area contributed by atoms with Crippen LogP contribution < -0.4 is 5.32 Å². The number of pyridine rings is 1. The summed E-state index contributed by atoms with van der Waals surface area (Å²) in [6, 6.07) is 8.83. The Labute approximate surface area is 117 Å². The highest BCUT2D eigenvalue weighted by molar-refractivity contribution is 6.04. The van der Waals surface area contributed by atoms with Crippen LogP contribution in [0, 0.1) is 5.82 Å². The quantitative estimate of drug-likeness (QED) is 0.931. The molecule has 1 amide bonds. The zero-order valence-electron chi connectivity index (χ0n) is 11.4. The maximum Gasteiger partial charge on any atom is 0.258 e. The molecule has 0 aliphatic rings. The fraction of sp³-hybridized carbons (Fsp3) is 0.200. The van der Waals surface area contributed by atoms with Crippen LogP contribution in [0.3, 0.4) is 0 Å². The van der Waals surface area contributed by atoms with Gasteiger partial charge in [0.2, 0.25) is 0 Å². The van der Waals surface area contributed by atoms with Crippen LogP contribution in [0.1, 0.15) is 15.9 Å². The molecule has 20 heavy (non-hydrogen) atoms. The van der Waals surface area contributed by atoms with Gasteiger partial charge in [-0.25, -0.2) is 4.39 Å². The maximum atomic E-state index is 13.5. The van der Waals surface area contributed by atoms with Crippen LogP contribution in [0.4, 0.5) is 10.1 Å². The lowest BCUT2D eigenvalue weighted by Gasteiger charge is -2.15. The van der Waals surface area contributed by atoms with Crippen molar-refractivity contribution in [3.8, 4) is 0 Å². The summed E-state index contributed by atoms with van der Waals surface area (Å²) in [7, 11) is 3.89. The third-order valence-electron chi connectivity index (χ3n) is 2.77. The molecule has 0 spiro atoms. The maximum absolute atomic E-state index is 13.5. The predicted molar refractivity (Wildman–Crippen MR) is 76.0 cm³/mol. The Hall–Kier alpha value is -2.27. The number of hydrogen-bond donors (Lipinski definition) is 1. The van der Waals surface area contributed by atoms with Gasteiger partial charge in [-0.2, -0.15) is 0 Å². The van der Waals surface area contributed by atoms with E-state index in [2.05, 4.69) is 10.3 Å². The normalized spacial score (nSPS) is 10.6. The number of hydrogen-bond acceptors (Lipinski definition) is 3. The molecule has 1 aromatic heterocycles. The minimum Gasteiger partial charge on any atom is -0.322 e. The number of carbonyl (C=O) groups is 1. The van der Waals surface area contributed by atoms with Crippen LogP contribution in [-0.4, -0.2) is 29.9 Å². The van der Waals surface area contributed by atoms with Crippen molar-refractivity contribution in [1.29, 1.82) is 0 Å². The van der Waals surface area contributed by atoms with Gasteiger partial charge >= 0.3 is 0 Å². The molecule has 2 rings (SSSR count). The molecule has 0 aliphatic heterocycles. The second-order valence-electron chi connectivity index (χ2n) is 4.70. The molecular formula is C15H16FN3O. The molecule has 0 radical (unpaired) electrons. The molecule has 1 N–H and O–H groups in total. The van der Waals surface area contributed by atoms with E-state index in [0.717, 1.165) is 11.8 Å². The van der Waals surface area contributed by atoms with E-state index in [4.69, 9.17) is 0 Å². The zero-order valence-corrected chi connectivity index (χ0v) is 11.4. The molecule has 104 valence electrons. The molecule has 0 fully saturated rings. The molecular weight excluding hydrogens is 257 g/mol. The number of halogens is 1. The number of carbonyl (C=O) groups excluding carboxylic acids is 1. The third-order valence-corrected chi connectivity index (χ3v) is 2.77. The van der Waals surface area contributed by atoms with Gasteiger partial charge < -0.3 is 10.2 Å². The second kappa shape index (κ2) is 6.25. The molecule has 2 aromatic rings. The Bertz CT molecular complexity index is 614. The Kier molecular flexibility index (Phi) is 4.42. The molecule has 0 unspecified atom stereocenters. The van der Waals surface area contributed by atoms with Gasteiger partial charge in [0.1, 0.15) is 0 Å². The van der Waals surface area contributed by atoms with Gasteiger partial charge in [0.15, 0.2) is 5.82 Å². The average molecular weight is 273 g/mol. The van der Waals surface area contributed by atoms with Crippen LogP contribution in [0.5, 0.6) is 0 Å². The van der Waals surface area contributed by atoms with E-state index in [1.165, 1.54) is 12.3 Å². The monoisotopic (exact) mass is 273 g/mol. The van der Waals surface area contributed by atoms with Crippen molar-refractivity contribution >= 4 is 11.6 Å². The molecule has 5 heteroatoms. The lowest BCUT2D eigenvalue weighted by Crippen LogP contribution is -2.17. The number of nitrogens with one attached hydrogen (secondary N) is 1.